The molecule has 1 amide bonds. The van der Waals surface area contributed by atoms with E-state index in [2.05, 4.69) is 17.6 Å². The monoisotopic (exact) mass is 395 g/mol. The Labute approximate surface area is 154 Å². The number of carbonyl (C=O) groups excluding carboxylic acids is 1. The van der Waals surface area contributed by atoms with E-state index in [4.69, 9.17) is 0 Å². The van der Waals surface area contributed by atoms with E-state index in [1.165, 1.54) is 4.31 Å². The van der Waals surface area contributed by atoms with Gasteiger partial charge >= 0.3 is 0 Å². The van der Waals surface area contributed by atoms with E-state index >= 15 is 0 Å². The number of amides is 1. The van der Waals surface area contributed by atoms with Crippen LogP contribution in [0.4, 0.5) is 0 Å². The predicted octanol–water partition coefficient (Wildman–Crippen LogP) is 1.93. The minimum absolute atomic E-state index is 0. The summed E-state index contributed by atoms with van der Waals surface area (Å²) >= 11 is 1.05. The lowest BCUT2D eigenvalue weighted by molar-refractivity contribution is 0.0957. The highest BCUT2D eigenvalue weighted by molar-refractivity contribution is 7.91. The molecule has 2 rings (SSSR count). The van der Waals surface area contributed by atoms with Gasteiger partial charge in [0.2, 0.25) is 0 Å². The van der Waals surface area contributed by atoms with Crippen molar-refractivity contribution in [3.8, 4) is 0 Å². The summed E-state index contributed by atoms with van der Waals surface area (Å²) in [4.78, 5) is 12.5. The molecule has 2 N–H and O–H groups in total. The third-order valence-corrected chi connectivity index (χ3v) is 7.48. The zero-order chi connectivity index (χ0) is 16.9. The van der Waals surface area contributed by atoms with E-state index in [-0.39, 0.29) is 22.5 Å². The van der Waals surface area contributed by atoms with Gasteiger partial charge in [-0.3, -0.25) is 4.79 Å². The van der Waals surface area contributed by atoms with Crippen LogP contribution in [-0.4, -0.2) is 51.9 Å². The number of hydrogen-bond acceptors (Lipinski definition) is 5. The minimum atomic E-state index is -3.47. The summed E-state index contributed by atoms with van der Waals surface area (Å²) in [5, 5.41) is 5.82. The van der Waals surface area contributed by atoms with Gasteiger partial charge in [0.1, 0.15) is 4.21 Å². The summed E-state index contributed by atoms with van der Waals surface area (Å²) in [5.74, 6) is 0.364. The van der Waals surface area contributed by atoms with Crippen molar-refractivity contribution < 1.29 is 13.2 Å². The fourth-order valence-corrected chi connectivity index (χ4v) is 5.33. The van der Waals surface area contributed by atoms with Crippen LogP contribution >= 0.6 is 23.7 Å². The molecule has 1 aromatic rings. The Bertz CT molecular complexity index is 626. The SMILES string of the molecule is CNCCCNC(=O)c1ccc(S(=O)(=O)N2CCC(C)CC2)s1.Cl. The van der Waals surface area contributed by atoms with Crippen molar-refractivity contribution in [3.05, 3.63) is 17.0 Å². The third-order valence-electron chi connectivity index (χ3n) is 4.03. The summed E-state index contributed by atoms with van der Waals surface area (Å²) in [6, 6.07) is 3.14. The summed E-state index contributed by atoms with van der Waals surface area (Å²) in [5.41, 5.74) is 0. The zero-order valence-corrected chi connectivity index (χ0v) is 16.5. The molecule has 0 aromatic carbocycles. The first kappa shape index (κ1) is 21.4. The van der Waals surface area contributed by atoms with Crippen molar-refractivity contribution in [1.82, 2.24) is 14.9 Å². The Kier molecular flexibility index (Phi) is 8.66. The Morgan fingerprint density at radius 3 is 2.58 bits per heavy atom. The molecular weight excluding hydrogens is 370 g/mol. The second kappa shape index (κ2) is 9.72. The molecule has 0 aliphatic carbocycles. The van der Waals surface area contributed by atoms with Gasteiger partial charge in [-0.25, -0.2) is 8.42 Å². The van der Waals surface area contributed by atoms with Crippen molar-refractivity contribution in [3.63, 3.8) is 0 Å². The fourth-order valence-electron chi connectivity index (χ4n) is 2.49. The Morgan fingerprint density at radius 1 is 1.29 bits per heavy atom. The van der Waals surface area contributed by atoms with E-state index in [9.17, 15) is 13.2 Å². The Balaban J connectivity index is 0.00000288. The van der Waals surface area contributed by atoms with Crippen LogP contribution in [0.5, 0.6) is 0 Å². The van der Waals surface area contributed by atoms with Gasteiger partial charge in [-0.2, -0.15) is 4.31 Å². The van der Waals surface area contributed by atoms with Crippen LogP contribution in [0.3, 0.4) is 0 Å². The largest absolute Gasteiger partial charge is 0.351 e. The summed E-state index contributed by atoms with van der Waals surface area (Å²) in [7, 11) is -1.60. The topological polar surface area (TPSA) is 78.5 Å². The fraction of sp³-hybridized carbons (Fsp3) is 0.667. The minimum Gasteiger partial charge on any atom is -0.351 e. The van der Waals surface area contributed by atoms with E-state index in [0.29, 0.717) is 30.4 Å². The zero-order valence-electron chi connectivity index (χ0n) is 14.1. The second-order valence-corrected chi connectivity index (χ2v) is 9.17. The third kappa shape index (κ3) is 5.42. The lowest BCUT2D eigenvalue weighted by Crippen LogP contribution is -2.37. The van der Waals surface area contributed by atoms with Crippen molar-refractivity contribution >= 4 is 39.7 Å². The smallest absolute Gasteiger partial charge is 0.261 e. The lowest BCUT2D eigenvalue weighted by Gasteiger charge is -2.28. The molecule has 1 aromatic heterocycles. The average Bonchev–Trinajstić information content (AvgIpc) is 3.02. The predicted molar refractivity (Wildman–Crippen MR) is 99.6 cm³/mol. The van der Waals surface area contributed by atoms with E-state index < -0.39 is 10.0 Å². The van der Waals surface area contributed by atoms with Gasteiger partial charge in [-0.1, -0.05) is 6.92 Å². The first-order chi connectivity index (χ1) is 10.9. The molecule has 0 radical (unpaired) electrons. The van der Waals surface area contributed by atoms with Gasteiger partial charge < -0.3 is 10.6 Å². The van der Waals surface area contributed by atoms with Crippen LogP contribution < -0.4 is 10.6 Å². The normalized spacial score (nSPS) is 16.6. The lowest BCUT2D eigenvalue weighted by atomic mass is 10.0. The summed E-state index contributed by atoms with van der Waals surface area (Å²) in [6.45, 7) is 4.67. The molecule has 1 fully saturated rings. The van der Waals surface area contributed by atoms with Crippen molar-refractivity contribution in [2.75, 3.05) is 33.2 Å². The molecule has 0 bridgehead atoms. The molecule has 0 atom stereocenters. The first-order valence-corrected chi connectivity index (χ1v) is 10.2. The number of piperidine rings is 1. The molecule has 0 unspecified atom stereocenters. The van der Waals surface area contributed by atoms with Gasteiger partial charge in [-0.05, 0) is 50.9 Å². The number of nitrogens with one attached hydrogen (secondary N) is 2. The van der Waals surface area contributed by atoms with Crippen LogP contribution in [0.15, 0.2) is 16.3 Å². The van der Waals surface area contributed by atoms with Gasteiger partial charge in [0.15, 0.2) is 0 Å². The number of carbonyl (C=O) groups is 1. The highest BCUT2D eigenvalue weighted by Gasteiger charge is 2.29. The highest BCUT2D eigenvalue weighted by Crippen LogP contribution is 2.28. The number of hydrogen-bond donors (Lipinski definition) is 2. The summed E-state index contributed by atoms with van der Waals surface area (Å²) < 4.78 is 27.0. The summed E-state index contributed by atoms with van der Waals surface area (Å²) in [6.07, 6.45) is 2.62. The number of sulfonamides is 1. The first-order valence-electron chi connectivity index (χ1n) is 7.98. The van der Waals surface area contributed by atoms with E-state index in [1.807, 2.05) is 7.05 Å². The molecule has 9 heteroatoms. The second-order valence-electron chi connectivity index (χ2n) is 5.92. The number of nitrogens with zero attached hydrogens (tertiary/aromatic N) is 1. The standard InChI is InChI=1S/C15H25N3O3S2.ClH/c1-12-6-10-18(11-7-12)23(20,21)14-5-4-13(22-14)15(19)17-9-3-8-16-2;/h4-5,12,16H,3,6-11H2,1-2H3,(H,17,19);1H. The molecule has 0 saturated carbocycles. The van der Waals surface area contributed by atoms with E-state index in [1.54, 1.807) is 12.1 Å². The van der Waals surface area contributed by atoms with Crippen LogP contribution in [0.1, 0.15) is 35.9 Å². The van der Waals surface area contributed by atoms with Crippen molar-refractivity contribution in [1.29, 1.82) is 0 Å². The van der Waals surface area contributed by atoms with Crippen LogP contribution in [0, 0.1) is 5.92 Å². The quantitative estimate of drug-likeness (QED) is 0.691. The van der Waals surface area contributed by atoms with Gasteiger partial charge in [-0.15, -0.1) is 23.7 Å². The van der Waals surface area contributed by atoms with Crippen molar-refractivity contribution in [2.24, 2.45) is 5.92 Å². The number of rotatable bonds is 7. The van der Waals surface area contributed by atoms with Crippen LogP contribution in [0.2, 0.25) is 0 Å². The molecule has 1 aliphatic rings. The van der Waals surface area contributed by atoms with E-state index in [0.717, 1.165) is 37.1 Å². The Hall–Kier alpha value is -0.670. The van der Waals surface area contributed by atoms with Gasteiger partial charge in [0, 0.05) is 19.6 Å². The maximum Gasteiger partial charge on any atom is 0.261 e. The molecular formula is C15H26ClN3O3S2. The molecule has 24 heavy (non-hydrogen) atoms. The van der Waals surface area contributed by atoms with Crippen molar-refractivity contribution in [2.45, 2.75) is 30.4 Å². The maximum atomic E-state index is 12.6. The van der Waals surface area contributed by atoms with Gasteiger partial charge in [0.25, 0.3) is 15.9 Å². The molecule has 138 valence electrons. The molecule has 6 nitrogen and oxygen atoms in total. The molecule has 1 aliphatic heterocycles. The number of thiophene rings is 1. The maximum absolute atomic E-state index is 12.6. The van der Waals surface area contributed by atoms with Crippen LogP contribution in [-0.2, 0) is 10.0 Å². The Morgan fingerprint density at radius 2 is 1.96 bits per heavy atom. The molecule has 1 saturated heterocycles. The molecule has 0 spiro atoms. The average molecular weight is 396 g/mol. The molecule has 2 heterocycles. The highest BCUT2D eigenvalue weighted by atomic mass is 35.5. The van der Waals surface area contributed by atoms with Crippen LogP contribution in [0.25, 0.3) is 0 Å². The number of halogens is 1. The van der Waals surface area contributed by atoms with Gasteiger partial charge in [0.05, 0.1) is 4.88 Å².